The van der Waals surface area contributed by atoms with Crippen LogP contribution in [0.3, 0.4) is 0 Å². The molecular weight excluding hydrogens is 443 g/mol. The molecule has 1 aromatic heterocycles. The largest absolute Gasteiger partial charge is 0.349 e. The maximum absolute atomic E-state index is 13.2. The Hall–Kier alpha value is -1.90. The van der Waals surface area contributed by atoms with Crippen LogP contribution in [0.4, 0.5) is 5.69 Å². The zero-order valence-corrected chi connectivity index (χ0v) is 19.6. The molecule has 1 heterocycles. The van der Waals surface area contributed by atoms with E-state index in [1.165, 1.54) is 0 Å². The van der Waals surface area contributed by atoms with E-state index in [1.54, 1.807) is 30.8 Å². The van der Waals surface area contributed by atoms with E-state index in [4.69, 9.17) is 23.2 Å². The predicted octanol–water partition coefficient (Wildman–Crippen LogP) is 5.48. The highest BCUT2D eigenvalue weighted by atomic mass is 35.5. The Balaban J connectivity index is 1.97. The van der Waals surface area contributed by atoms with Crippen molar-refractivity contribution >= 4 is 39.3 Å². The third kappa shape index (κ3) is 4.71. The molecule has 0 fully saturated rings. The normalized spacial score (nSPS) is 13.3. The Morgan fingerprint density at radius 1 is 1.13 bits per heavy atom. The van der Waals surface area contributed by atoms with Crippen LogP contribution in [-0.2, 0) is 28.2 Å². The van der Waals surface area contributed by atoms with Crippen LogP contribution < -0.4 is 10.0 Å². The van der Waals surface area contributed by atoms with E-state index in [2.05, 4.69) is 22.1 Å². The van der Waals surface area contributed by atoms with Crippen molar-refractivity contribution < 1.29 is 8.76 Å². The minimum Gasteiger partial charge on any atom is -0.313 e. The van der Waals surface area contributed by atoms with Crippen molar-refractivity contribution in [1.29, 1.82) is 0 Å². The van der Waals surface area contributed by atoms with Gasteiger partial charge in [-0.05, 0) is 59.5 Å². The van der Waals surface area contributed by atoms with Crippen molar-refractivity contribution in [2.45, 2.75) is 32.2 Å². The van der Waals surface area contributed by atoms with Crippen LogP contribution in [0.1, 0.15) is 23.9 Å². The highest BCUT2D eigenvalue weighted by Gasteiger charge is 2.37. The van der Waals surface area contributed by atoms with E-state index in [9.17, 15) is 8.76 Å². The van der Waals surface area contributed by atoms with Gasteiger partial charge in [0, 0.05) is 13.6 Å². The molecule has 0 radical (unpaired) electrons. The molecule has 2 aromatic carbocycles. The van der Waals surface area contributed by atoms with E-state index in [-0.39, 0.29) is 14.9 Å². The lowest BCUT2D eigenvalue weighted by molar-refractivity contribution is 0.503. The maximum atomic E-state index is 13.2. The van der Waals surface area contributed by atoms with Gasteiger partial charge in [0.1, 0.15) is 15.7 Å². The van der Waals surface area contributed by atoms with Crippen LogP contribution >= 0.6 is 23.2 Å². The Morgan fingerprint density at radius 2 is 1.80 bits per heavy atom. The molecule has 1 atom stereocenters. The van der Waals surface area contributed by atoms with Crippen LogP contribution in [0.25, 0.3) is 11.1 Å². The Kier molecular flexibility index (Phi) is 6.89. The van der Waals surface area contributed by atoms with Crippen LogP contribution in [0.15, 0.2) is 41.3 Å². The zero-order valence-electron chi connectivity index (χ0n) is 17.3. The van der Waals surface area contributed by atoms with Gasteiger partial charge in [-0.3, -0.25) is 4.68 Å². The lowest BCUT2D eigenvalue weighted by atomic mass is 10.0. The molecule has 0 aliphatic heterocycles. The molecule has 3 rings (SSSR count). The molecular formula is C21H25Cl2N4O2S+. The van der Waals surface area contributed by atoms with Crippen LogP contribution in [0.5, 0.6) is 0 Å². The van der Waals surface area contributed by atoms with E-state index in [0.29, 0.717) is 11.4 Å². The fourth-order valence-electron chi connectivity index (χ4n) is 3.23. The standard InChI is InChI=1S/C21H24Cl2N4O2S/c1-5-24-12-15-7-6-8-16(9-15)17-10-18(22)21(19(23)11-17)30(28,29)26-20-13(2)25-27(4)14(20)3/h6-11,24H,5,12H2,1-4H3,(H-,26,28,29)/p+1. The number of halogens is 2. The Labute approximate surface area is 188 Å². The van der Waals surface area contributed by atoms with Gasteiger partial charge in [0.25, 0.3) is 4.90 Å². The summed E-state index contributed by atoms with van der Waals surface area (Å²) in [6.07, 6.45) is 0. The van der Waals surface area contributed by atoms with Gasteiger partial charge < -0.3 is 5.32 Å². The number of anilines is 1. The average molecular weight is 468 g/mol. The fraction of sp³-hybridized carbons (Fsp3) is 0.286. The number of aryl methyl sites for hydroxylation is 2. The smallest absolute Gasteiger partial charge is 0.313 e. The third-order valence-corrected chi connectivity index (χ3v) is 7.16. The van der Waals surface area contributed by atoms with Crippen molar-refractivity contribution in [3.63, 3.8) is 0 Å². The molecule has 0 aliphatic carbocycles. The van der Waals surface area contributed by atoms with Crippen molar-refractivity contribution in [2.24, 2.45) is 7.05 Å². The first-order valence-electron chi connectivity index (χ1n) is 9.47. The van der Waals surface area contributed by atoms with Crippen molar-refractivity contribution in [2.75, 3.05) is 11.3 Å². The van der Waals surface area contributed by atoms with Crippen molar-refractivity contribution in [3.8, 4) is 11.1 Å². The highest BCUT2D eigenvalue weighted by molar-refractivity contribution is 7.99. The molecule has 3 N–H and O–H groups in total. The number of hydrogen-bond donors (Lipinski definition) is 3. The summed E-state index contributed by atoms with van der Waals surface area (Å²) < 4.78 is 28.3. The molecule has 0 saturated heterocycles. The number of hydrogen-bond acceptors (Lipinski definition) is 3. The topological polar surface area (TPSA) is 79.2 Å². The average Bonchev–Trinajstić information content (AvgIpc) is 2.91. The van der Waals surface area contributed by atoms with Crippen LogP contribution in [0, 0.1) is 13.8 Å². The van der Waals surface area contributed by atoms with Gasteiger partial charge in [0.05, 0.1) is 11.4 Å². The SMILES string of the molecule is CCNCc1cccc(-c2cc(Cl)c([S+](=O)(O)Nc3c(C)nn(C)c3C)c(Cl)c2)c1. The maximum Gasteiger partial charge on any atom is 0.349 e. The number of rotatable bonds is 7. The Bertz CT molecular complexity index is 1110. The van der Waals surface area contributed by atoms with E-state index < -0.39 is 10.4 Å². The Morgan fingerprint density at radius 3 is 2.37 bits per heavy atom. The first kappa shape index (κ1) is 22.8. The lowest BCUT2D eigenvalue weighted by Gasteiger charge is -2.12. The first-order chi connectivity index (χ1) is 14.1. The van der Waals surface area contributed by atoms with Crippen LogP contribution in [-0.4, -0.2) is 20.9 Å². The summed E-state index contributed by atoms with van der Waals surface area (Å²) in [5.74, 6) is 0. The van der Waals surface area contributed by atoms with Crippen LogP contribution in [0.2, 0.25) is 10.0 Å². The number of aromatic nitrogens is 2. The minimum atomic E-state index is -3.75. The third-order valence-electron chi connectivity index (χ3n) is 4.86. The van der Waals surface area contributed by atoms with Gasteiger partial charge in [-0.1, -0.05) is 48.3 Å². The summed E-state index contributed by atoms with van der Waals surface area (Å²) in [7, 11) is -1.98. The minimum absolute atomic E-state index is 0.0407. The summed E-state index contributed by atoms with van der Waals surface area (Å²) >= 11 is 12.9. The number of nitrogens with one attached hydrogen (secondary N) is 2. The molecule has 9 heteroatoms. The van der Waals surface area contributed by atoms with Crippen molar-refractivity contribution in [3.05, 3.63) is 63.4 Å². The van der Waals surface area contributed by atoms with Gasteiger partial charge >= 0.3 is 10.4 Å². The fourth-order valence-corrected chi connectivity index (χ4v) is 5.67. The molecule has 0 amide bonds. The molecule has 0 saturated carbocycles. The molecule has 0 spiro atoms. The summed E-state index contributed by atoms with van der Waals surface area (Å²) in [4.78, 5) is -0.0407. The van der Waals surface area contributed by atoms with Gasteiger partial charge in [-0.25, -0.2) is 0 Å². The monoisotopic (exact) mass is 467 g/mol. The first-order valence-corrected chi connectivity index (χ1v) is 11.7. The second-order valence-electron chi connectivity index (χ2n) is 7.05. The summed E-state index contributed by atoms with van der Waals surface area (Å²) in [5, 5.41) is 7.79. The van der Waals surface area contributed by atoms with E-state index >= 15 is 0 Å². The molecule has 3 aromatic rings. The molecule has 160 valence electrons. The molecule has 6 nitrogen and oxygen atoms in total. The van der Waals surface area contributed by atoms with Gasteiger partial charge in [-0.15, -0.1) is 0 Å². The highest BCUT2D eigenvalue weighted by Crippen LogP contribution is 2.38. The van der Waals surface area contributed by atoms with E-state index in [0.717, 1.165) is 35.5 Å². The van der Waals surface area contributed by atoms with Gasteiger partial charge in [0.15, 0.2) is 0 Å². The molecule has 0 aliphatic rings. The summed E-state index contributed by atoms with van der Waals surface area (Å²) in [6, 6.07) is 11.3. The summed E-state index contributed by atoms with van der Waals surface area (Å²) in [5.41, 5.74) is 4.65. The van der Waals surface area contributed by atoms with E-state index in [1.807, 2.05) is 31.2 Å². The van der Waals surface area contributed by atoms with Gasteiger partial charge in [0.2, 0.25) is 0 Å². The number of benzene rings is 2. The molecule has 1 unspecified atom stereocenters. The quantitative estimate of drug-likeness (QED) is 0.402. The number of nitrogens with zero attached hydrogens (tertiary/aromatic N) is 2. The summed E-state index contributed by atoms with van der Waals surface area (Å²) in [6.45, 7) is 7.26. The second-order valence-corrected chi connectivity index (χ2v) is 9.53. The van der Waals surface area contributed by atoms with Crippen molar-refractivity contribution in [1.82, 2.24) is 15.1 Å². The predicted molar refractivity (Wildman–Crippen MR) is 125 cm³/mol. The molecule has 0 bridgehead atoms. The second kappa shape index (κ2) is 9.08. The lowest BCUT2D eigenvalue weighted by Crippen LogP contribution is -2.22. The van der Waals surface area contributed by atoms with Gasteiger partial charge in [-0.2, -0.15) is 14.4 Å². The molecule has 30 heavy (non-hydrogen) atoms. The zero-order chi connectivity index (χ0) is 22.1.